The SMILES string of the molecule is COc1ccc(C(N)c2cc(C)ccc2C)cc1F. The first-order valence-electron chi connectivity index (χ1n) is 6.19. The Labute approximate surface area is 113 Å². The highest BCUT2D eigenvalue weighted by Gasteiger charge is 2.14. The van der Waals surface area contributed by atoms with Crippen LogP contribution in [0, 0.1) is 19.7 Å². The maximum atomic E-state index is 13.7. The lowest BCUT2D eigenvalue weighted by Gasteiger charge is -2.16. The lowest BCUT2D eigenvalue weighted by molar-refractivity contribution is 0.386. The summed E-state index contributed by atoms with van der Waals surface area (Å²) in [7, 11) is 1.45. The minimum Gasteiger partial charge on any atom is -0.494 e. The lowest BCUT2D eigenvalue weighted by Crippen LogP contribution is -2.13. The molecule has 0 fully saturated rings. The van der Waals surface area contributed by atoms with Crippen molar-refractivity contribution in [2.24, 2.45) is 5.73 Å². The van der Waals surface area contributed by atoms with Gasteiger partial charge < -0.3 is 10.5 Å². The Hall–Kier alpha value is -1.87. The first kappa shape index (κ1) is 13.6. The number of halogens is 1. The van der Waals surface area contributed by atoms with Crippen molar-refractivity contribution in [3.63, 3.8) is 0 Å². The summed E-state index contributed by atoms with van der Waals surface area (Å²) in [6.45, 7) is 4.03. The van der Waals surface area contributed by atoms with Crippen LogP contribution in [-0.2, 0) is 0 Å². The Morgan fingerprint density at radius 3 is 2.47 bits per heavy atom. The molecule has 1 unspecified atom stereocenters. The van der Waals surface area contributed by atoms with Crippen LogP contribution in [-0.4, -0.2) is 7.11 Å². The third kappa shape index (κ3) is 2.76. The summed E-state index contributed by atoms with van der Waals surface area (Å²) in [6.07, 6.45) is 0. The predicted octanol–water partition coefficient (Wildman–Crippen LogP) is 3.50. The van der Waals surface area contributed by atoms with E-state index >= 15 is 0 Å². The molecule has 2 aromatic rings. The van der Waals surface area contributed by atoms with E-state index in [0.717, 1.165) is 22.3 Å². The Morgan fingerprint density at radius 1 is 1.11 bits per heavy atom. The van der Waals surface area contributed by atoms with E-state index in [0.29, 0.717) is 0 Å². The van der Waals surface area contributed by atoms with E-state index < -0.39 is 0 Å². The Bertz CT molecular complexity index is 595. The summed E-state index contributed by atoms with van der Waals surface area (Å²) >= 11 is 0. The number of ether oxygens (including phenoxy) is 1. The van der Waals surface area contributed by atoms with E-state index in [-0.39, 0.29) is 17.6 Å². The third-order valence-electron chi connectivity index (χ3n) is 3.30. The zero-order valence-electron chi connectivity index (χ0n) is 11.4. The number of nitrogens with two attached hydrogens (primary N) is 1. The molecule has 0 amide bonds. The first-order valence-corrected chi connectivity index (χ1v) is 6.19. The lowest BCUT2D eigenvalue weighted by atomic mass is 9.94. The van der Waals surface area contributed by atoms with Crippen molar-refractivity contribution in [1.29, 1.82) is 0 Å². The molecule has 0 radical (unpaired) electrons. The Kier molecular flexibility index (Phi) is 3.86. The Morgan fingerprint density at radius 2 is 1.84 bits per heavy atom. The van der Waals surface area contributed by atoms with Crippen LogP contribution < -0.4 is 10.5 Å². The number of benzene rings is 2. The van der Waals surface area contributed by atoms with Gasteiger partial charge in [-0.2, -0.15) is 0 Å². The van der Waals surface area contributed by atoms with Gasteiger partial charge in [0.2, 0.25) is 0 Å². The van der Waals surface area contributed by atoms with E-state index in [1.807, 2.05) is 32.0 Å². The molecule has 0 aliphatic carbocycles. The summed E-state index contributed by atoms with van der Waals surface area (Å²) < 4.78 is 18.6. The number of hydrogen-bond acceptors (Lipinski definition) is 2. The van der Waals surface area contributed by atoms with E-state index in [2.05, 4.69) is 0 Å². The topological polar surface area (TPSA) is 35.2 Å². The highest BCUT2D eigenvalue weighted by Crippen LogP contribution is 2.27. The molecule has 0 saturated carbocycles. The van der Waals surface area contributed by atoms with Gasteiger partial charge in [0, 0.05) is 0 Å². The zero-order chi connectivity index (χ0) is 14.0. The van der Waals surface area contributed by atoms with Crippen LogP contribution in [0.1, 0.15) is 28.3 Å². The van der Waals surface area contributed by atoms with Crippen LogP contribution in [0.25, 0.3) is 0 Å². The highest BCUT2D eigenvalue weighted by molar-refractivity contribution is 5.40. The fraction of sp³-hybridized carbons (Fsp3) is 0.250. The van der Waals surface area contributed by atoms with Crippen molar-refractivity contribution in [3.8, 4) is 5.75 Å². The van der Waals surface area contributed by atoms with E-state index in [1.54, 1.807) is 12.1 Å². The maximum absolute atomic E-state index is 13.7. The average Bonchev–Trinajstić information content (AvgIpc) is 2.40. The minimum atomic E-state index is -0.388. The van der Waals surface area contributed by atoms with Gasteiger partial charge in [0.15, 0.2) is 11.6 Å². The molecule has 0 aliphatic rings. The molecule has 100 valence electrons. The second kappa shape index (κ2) is 5.41. The molecule has 3 heteroatoms. The number of methoxy groups -OCH3 is 1. The highest BCUT2D eigenvalue weighted by atomic mass is 19.1. The summed E-state index contributed by atoms with van der Waals surface area (Å²) in [4.78, 5) is 0. The third-order valence-corrected chi connectivity index (χ3v) is 3.30. The molecule has 2 aromatic carbocycles. The predicted molar refractivity (Wildman–Crippen MR) is 74.9 cm³/mol. The molecule has 0 spiro atoms. The van der Waals surface area contributed by atoms with Crippen molar-refractivity contribution in [1.82, 2.24) is 0 Å². The van der Waals surface area contributed by atoms with E-state index in [4.69, 9.17) is 10.5 Å². The van der Waals surface area contributed by atoms with Gasteiger partial charge in [-0.25, -0.2) is 4.39 Å². The van der Waals surface area contributed by atoms with Crippen LogP contribution in [0.3, 0.4) is 0 Å². The van der Waals surface area contributed by atoms with Crippen molar-refractivity contribution >= 4 is 0 Å². The second-order valence-corrected chi connectivity index (χ2v) is 4.73. The van der Waals surface area contributed by atoms with Crippen molar-refractivity contribution in [2.75, 3.05) is 7.11 Å². The molecule has 0 bridgehead atoms. The van der Waals surface area contributed by atoms with Gasteiger partial charge in [-0.1, -0.05) is 29.8 Å². The van der Waals surface area contributed by atoms with Gasteiger partial charge >= 0.3 is 0 Å². The van der Waals surface area contributed by atoms with Gasteiger partial charge in [-0.05, 0) is 42.7 Å². The number of rotatable bonds is 3. The smallest absolute Gasteiger partial charge is 0.165 e. The molecule has 0 saturated heterocycles. The fourth-order valence-corrected chi connectivity index (χ4v) is 2.15. The number of aryl methyl sites for hydroxylation is 2. The summed E-state index contributed by atoms with van der Waals surface area (Å²) in [5.74, 6) is -0.155. The Balaban J connectivity index is 2.41. The molecular weight excluding hydrogens is 241 g/mol. The van der Waals surface area contributed by atoms with Gasteiger partial charge in [0.05, 0.1) is 13.2 Å². The molecule has 2 rings (SSSR count). The second-order valence-electron chi connectivity index (χ2n) is 4.73. The van der Waals surface area contributed by atoms with Crippen LogP contribution in [0.2, 0.25) is 0 Å². The average molecular weight is 259 g/mol. The van der Waals surface area contributed by atoms with Crippen molar-refractivity contribution in [3.05, 3.63) is 64.5 Å². The molecule has 0 heterocycles. The van der Waals surface area contributed by atoms with Gasteiger partial charge in [-0.3, -0.25) is 0 Å². The van der Waals surface area contributed by atoms with E-state index in [9.17, 15) is 4.39 Å². The molecular formula is C16H18FNO. The molecule has 2 nitrogen and oxygen atoms in total. The zero-order valence-corrected chi connectivity index (χ0v) is 11.4. The molecule has 19 heavy (non-hydrogen) atoms. The number of hydrogen-bond donors (Lipinski definition) is 1. The maximum Gasteiger partial charge on any atom is 0.165 e. The van der Waals surface area contributed by atoms with Crippen LogP contribution >= 0.6 is 0 Å². The molecule has 1 atom stereocenters. The van der Waals surface area contributed by atoms with Crippen molar-refractivity contribution < 1.29 is 9.13 Å². The summed E-state index contributed by atoms with van der Waals surface area (Å²) in [6, 6.07) is 10.6. The molecule has 0 aromatic heterocycles. The minimum absolute atomic E-state index is 0.233. The monoisotopic (exact) mass is 259 g/mol. The quantitative estimate of drug-likeness (QED) is 0.915. The van der Waals surface area contributed by atoms with Gasteiger partial charge in [0.1, 0.15) is 0 Å². The molecule has 0 aliphatic heterocycles. The largest absolute Gasteiger partial charge is 0.494 e. The fourth-order valence-electron chi connectivity index (χ4n) is 2.15. The normalized spacial score (nSPS) is 12.3. The molecule has 2 N–H and O–H groups in total. The standard InChI is InChI=1S/C16H18FNO/c1-10-4-5-11(2)13(8-10)16(18)12-6-7-15(19-3)14(17)9-12/h4-9,16H,18H2,1-3H3. The van der Waals surface area contributed by atoms with Crippen molar-refractivity contribution in [2.45, 2.75) is 19.9 Å². The van der Waals surface area contributed by atoms with Gasteiger partial charge in [-0.15, -0.1) is 0 Å². The first-order chi connectivity index (χ1) is 9.02. The summed E-state index contributed by atoms with van der Waals surface area (Å²) in [5.41, 5.74) is 10.2. The van der Waals surface area contributed by atoms with E-state index in [1.165, 1.54) is 13.2 Å². The van der Waals surface area contributed by atoms with Crippen LogP contribution in [0.4, 0.5) is 4.39 Å². The van der Waals surface area contributed by atoms with Crippen LogP contribution in [0.5, 0.6) is 5.75 Å². The summed E-state index contributed by atoms with van der Waals surface area (Å²) in [5, 5.41) is 0. The van der Waals surface area contributed by atoms with Gasteiger partial charge in [0.25, 0.3) is 0 Å². The van der Waals surface area contributed by atoms with Crippen LogP contribution in [0.15, 0.2) is 36.4 Å².